The van der Waals surface area contributed by atoms with E-state index < -0.39 is 10.8 Å². The number of Topliss-reactive ketones (excluding diaryl/α,β-unsaturated/α-hetero) is 1. The number of benzene rings is 1. The number of rotatable bonds is 5. The number of non-ortho nitro benzene ring substituents is 1. The van der Waals surface area contributed by atoms with Crippen LogP contribution in [0.5, 0.6) is 0 Å². The number of nitrogens with two attached hydrogens (primary N) is 1. The summed E-state index contributed by atoms with van der Waals surface area (Å²) in [6.07, 6.45) is 1.69. The number of thiophene rings is 1. The first-order chi connectivity index (χ1) is 15.4. The minimum absolute atomic E-state index is 0.00299. The third-order valence-corrected chi connectivity index (χ3v) is 7.95. The highest BCUT2D eigenvalue weighted by molar-refractivity contribution is 8.01. The molecule has 0 fully saturated rings. The molecule has 2 heterocycles. The molecule has 0 unspecified atom stereocenters. The summed E-state index contributed by atoms with van der Waals surface area (Å²) in [6.45, 7) is 3.90. The lowest BCUT2D eigenvalue weighted by Gasteiger charge is -2.40. The number of thioether (sulfide) groups is 1. The van der Waals surface area contributed by atoms with E-state index in [1.807, 2.05) is 18.4 Å². The van der Waals surface area contributed by atoms with E-state index in [0.717, 1.165) is 26.8 Å². The molecule has 0 bridgehead atoms. The Hall–Kier alpha value is -3.09. The van der Waals surface area contributed by atoms with Crippen LogP contribution in [0.2, 0.25) is 0 Å². The fourth-order valence-corrected chi connectivity index (χ4v) is 6.46. The summed E-state index contributed by atoms with van der Waals surface area (Å²) in [6, 6.07) is 8.80. The van der Waals surface area contributed by atoms with Gasteiger partial charge in [0.15, 0.2) is 5.78 Å². The summed E-state index contributed by atoms with van der Waals surface area (Å²) in [5.74, 6) is 0.593. The first kappa shape index (κ1) is 22.1. The molecule has 1 atom stereocenters. The van der Waals surface area contributed by atoms with Crippen molar-refractivity contribution in [3.63, 3.8) is 0 Å². The van der Waals surface area contributed by atoms with E-state index in [-0.39, 0.29) is 17.3 Å². The molecule has 1 aromatic heterocycles. The van der Waals surface area contributed by atoms with Gasteiger partial charge in [0.05, 0.1) is 32.4 Å². The number of carbonyl (C=O) groups is 1. The second-order valence-corrected chi connectivity index (χ2v) is 10.1. The van der Waals surface area contributed by atoms with Crippen molar-refractivity contribution in [2.45, 2.75) is 43.2 Å². The summed E-state index contributed by atoms with van der Waals surface area (Å²) < 4.78 is 1.07. The second kappa shape index (κ2) is 8.81. The predicted molar refractivity (Wildman–Crippen MR) is 126 cm³/mol. The van der Waals surface area contributed by atoms with E-state index >= 15 is 0 Å². The van der Waals surface area contributed by atoms with E-state index in [0.29, 0.717) is 36.1 Å². The van der Waals surface area contributed by atoms with Gasteiger partial charge in [-0.1, -0.05) is 13.0 Å². The third-order valence-electron chi connectivity index (χ3n) is 5.80. The predicted octanol–water partition coefficient (Wildman–Crippen LogP) is 5.38. The number of allylic oxidation sites excluding steroid dienone is 3. The number of nitro benzene ring substituents is 1. The van der Waals surface area contributed by atoms with Crippen LogP contribution in [0.15, 0.2) is 56.5 Å². The quantitative estimate of drug-likeness (QED) is 0.357. The molecular formula is C23H22N4O3S2. The van der Waals surface area contributed by atoms with Gasteiger partial charge in [-0.15, -0.1) is 23.1 Å². The van der Waals surface area contributed by atoms with Gasteiger partial charge in [0.25, 0.3) is 5.69 Å². The van der Waals surface area contributed by atoms with Crippen LogP contribution in [0.25, 0.3) is 0 Å². The van der Waals surface area contributed by atoms with Gasteiger partial charge in [0.1, 0.15) is 5.82 Å². The zero-order valence-corrected chi connectivity index (χ0v) is 19.4. The third kappa shape index (κ3) is 3.59. The Morgan fingerprint density at radius 3 is 2.84 bits per heavy atom. The molecule has 32 heavy (non-hydrogen) atoms. The molecule has 4 rings (SSSR count). The largest absolute Gasteiger partial charge is 0.384 e. The lowest BCUT2D eigenvalue weighted by molar-refractivity contribution is -0.384. The molecule has 0 saturated heterocycles. The molecule has 2 aliphatic rings. The normalized spacial score (nSPS) is 18.6. The van der Waals surface area contributed by atoms with Crippen molar-refractivity contribution in [1.82, 2.24) is 0 Å². The van der Waals surface area contributed by atoms with E-state index in [9.17, 15) is 20.2 Å². The lowest BCUT2D eigenvalue weighted by Crippen LogP contribution is -2.39. The summed E-state index contributed by atoms with van der Waals surface area (Å²) in [5, 5.41) is 23.5. The van der Waals surface area contributed by atoms with Crippen molar-refractivity contribution in [2.24, 2.45) is 5.73 Å². The number of aryl methyl sites for hydroxylation is 1. The topological polar surface area (TPSA) is 113 Å². The average Bonchev–Trinajstić information content (AvgIpc) is 3.22. The Labute approximate surface area is 194 Å². The van der Waals surface area contributed by atoms with Crippen LogP contribution in [-0.4, -0.2) is 16.5 Å². The number of nitrogens with zero attached hydrogens (tertiary/aromatic N) is 3. The molecule has 164 valence electrons. The molecule has 1 aliphatic carbocycles. The summed E-state index contributed by atoms with van der Waals surface area (Å²) in [5.41, 5.74) is 10.4. The lowest BCUT2D eigenvalue weighted by atomic mass is 9.76. The standard InChI is InChI=1S/C23H22N4O3S2/c1-3-31-23-15(9-10-32-23)20-16(12-24)22(25)26(17-5-4-6-19(28)21(17)20)18-11-14(27(29)30)8-7-13(18)2/h7-11,20H,3-6,25H2,1-2H3/t20-/m1/s1. The fraction of sp³-hybridized carbons (Fsp3) is 0.304. The number of nitro groups is 1. The van der Waals surface area contributed by atoms with Crippen molar-refractivity contribution in [2.75, 3.05) is 10.7 Å². The summed E-state index contributed by atoms with van der Waals surface area (Å²) in [7, 11) is 0. The van der Waals surface area contributed by atoms with Gasteiger partial charge in [-0.05, 0) is 48.1 Å². The molecular weight excluding hydrogens is 444 g/mol. The highest BCUT2D eigenvalue weighted by Gasteiger charge is 2.41. The Bertz CT molecular complexity index is 1220. The SMILES string of the molecule is CCSc1sccc1[C@@H]1C(C#N)=C(N)N(c2cc([N+](=O)[O-])ccc2C)C2=C1C(=O)CCC2. The number of hydrogen-bond donors (Lipinski definition) is 1. The minimum atomic E-state index is -0.515. The molecule has 1 aliphatic heterocycles. The summed E-state index contributed by atoms with van der Waals surface area (Å²) >= 11 is 3.28. The van der Waals surface area contributed by atoms with Crippen LogP contribution < -0.4 is 10.6 Å². The molecule has 2 N–H and O–H groups in total. The maximum absolute atomic E-state index is 13.2. The smallest absolute Gasteiger partial charge is 0.271 e. The zero-order valence-electron chi connectivity index (χ0n) is 17.8. The van der Waals surface area contributed by atoms with Gasteiger partial charge < -0.3 is 5.73 Å². The second-order valence-electron chi connectivity index (χ2n) is 7.64. The molecule has 1 aromatic carbocycles. The van der Waals surface area contributed by atoms with Crippen LogP contribution in [-0.2, 0) is 4.79 Å². The van der Waals surface area contributed by atoms with E-state index in [1.54, 1.807) is 34.1 Å². The van der Waals surface area contributed by atoms with Gasteiger partial charge in [0, 0.05) is 29.8 Å². The highest BCUT2D eigenvalue weighted by atomic mass is 32.2. The molecule has 0 saturated carbocycles. The maximum Gasteiger partial charge on any atom is 0.271 e. The Morgan fingerprint density at radius 1 is 1.38 bits per heavy atom. The van der Waals surface area contributed by atoms with E-state index in [4.69, 9.17) is 5.73 Å². The first-order valence-electron chi connectivity index (χ1n) is 10.3. The average molecular weight is 467 g/mol. The van der Waals surface area contributed by atoms with Crippen molar-refractivity contribution in [3.8, 4) is 6.07 Å². The molecule has 0 spiro atoms. The Morgan fingerprint density at radius 2 is 2.16 bits per heavy atom. The first-order valence-corrected chi connectivity index (χ1v) is 12.2. The van der Waals surface area contributed by atoms with Gasteiger partial charge >= 0.3 is 0 Å². The number of anilines is 1. The van der Waals surface area contributed by atoms with Crippen LogP contribution in [0.3, 0.4) is 0 Å². The van der Waals surface area contributed by atoms with Crippen LogP contribution >= 0.6 is 23.1 Å². The molecule has 0 radical (unpaired) electrons. The van der Waals surface area contributed by atoms with Crippen LogP contribution in [0.1, 0.15) is 43.2 Å². The van der Waals surface area contributed by atoms with Gasteiger partial charge in [-0.2, -0.15) is 5.26 Å². The van der Waals surface area contributed by atoms with Crippen LogP contribution in [0.4, 0.5) is 11.4 Å². The van der Waals surface area contributed by atoms with Crippen molar-refractivity contribution in [3.05, 3.63) is 73.6 Å². The van der Waals surface area contributed by atoms with Gasteiger partial charge in [-0.25, -0.2) is 0 Å². The number of hydrogen-bond acceptors (Lipinski definition) is 8. The molecule has 9 heteroatoms. The fourth-order valence-electron chi connectivity index (χ4n) is 4.39. The minimum Gasteiger partial charge on any atom is -0.384 e. The number of ketones is 1. The maximum atomic E-state index is 13.2. The Kier molecular flexibility index (Phi) is 6.09. The highest BCUT2D eigenvalue weighted by Crippen LogP contribution is 2.49. The van der Waals surface area contributed by atoms with Crippen molar-refractivity contribution >= 4 is 40.3 Å². The number of carbonyl (C=O) groups excluding carboxylic acids is 1. The molecule has 7 nitrogen and oxygen atoms in total. The summed E-state index contributed by atoms with van der Waals surface area (Å²) in [4.78, 5) is 25.9. The van der Waals surface area contributed by atoms with Crippen molar-refractivity contribution in [1.29, 1.82) is 5.26 Å². The van der Waals surface area contributed by atoms with E-state index in [2.05, 4.69) is 13.0 Å². The molecule has 0 amide bonds. The monoisotopic (exact) mass is 466 g/mol. The zero-order chi connectivity index (χ0) is 23.0. The molecule has 2 aromatic rings. The van der Waals surface area contributed by atoms with E-state index in [1.165, 1.54) is 12.1 Å². The van der Waals surface area contributed by atoms with Gasteiger partial charge in [-0.3, -0.25) is 19.8 Å². The van der Waals surface area contributed by atoms with Crippen molar-refractivity contribution < 1.29 is 9.72 Å². The number of nitriles is 1. The van der Waals surface area contributed by atoms with Crippen LogP contribution in [0, 0.1) is 28.4 Å². The van der Waals surface area contributed by atoms with Gasteiger partial charge in [0.2, 0.25) is 0 Å². The Balaban J connectivity index is 1.98.